The first kappa shape index (κ1) is 14.9. The highest BCUT2D eigenvalue weighted by atomic mass is 16.5. The van der Waals surface area contributed by atoms with Crippen molar-refractivity contribution in [3.8, 4) is 0 Å². The van der Waals surface area contributed by atoms with Crippen LogP contribution in [0.3, 0.4) is 0 Å². The maximum atomic E-state index is 11.7. The van der Waals surface area contributed by atoms with Crippen LogP contribution in [0.25, 0.3) is 5.70 Å². The molecule has 3 heteroatoms. The van der Waals surface area contributed by atoms with Crippen molar-refractivity contribution in [2.75, 3.05) is 11.9 Å². The molecule has 0 bridgehead atoms. The molecule has 21 heavy (non-hydrogen) atoms. The minimum atomic E-state index is -0.350. The van der Waals surface area contributed by atoms with Crippen LogP contribution >= 0.6 is 0 Å². The lowest BCUT2D eigenvalue weighted by Crippen LogP contribution is -2.06. The predicted molar refractivity (Wildman–Crippen MR) is 85.9 cm³/mol. The lowest BCUT2D eigenvalue weighted by Gasteiger charge is -2.12. The predicted octanol–water partition coefficient (Wildman–Crippen LogP) is 4.01. The summed E-state index contributed by atoms with van der Waals surface area (Å²) in [5.41, 5.74) is 3.75. The van der Waals surface area contributed by atoms with E-state index < -0.39 is 0 Å². The summed E-state index contributed by atoms with van der Waals surface area (Å²) < 4.78 is 5.00. The monoisotopic (exact) mass is 281 g/mol. The summed E-state index contributed by atoms with van der Waals surface area (Å²) >= 11 is 0. The number of aryl methyl sites for hydroxylation is 1. The van der Waals surface area contributed by atoms with Gasteiger partial charge in [-0.15, -0.1) is 0 Å². The molecule has 3 nitrogen and oxygen atoms in total. The number of hydrogen-bond donors (Lipinski definition) is 1. The maximum Gasteiger partial charge on any atom is 0.332 e. The first-order valence-electron chi connectivity index (χ1n) is 6.96. The standard InChI is InChI=1S/C18H19NO2/c1-3-21-18(20)13-17(15-9-5-4-6-10-15)19-16-11-7-8-14(2)12-16/h4-13,19H,3H2,1-2H3/b17-13-. The number of carbonyl (C=O) groups excluding carboxylic acids is 1. The molecular weight excluding hydrogens is 262 g/mol. The summed E-state index contributed by atoms with van der Waals surface area (Å²) in [6, 6.07) is 17.7. The minimum Gasteiger partial charge on any atom is -0.463 e. The van der Waals surface area contributed by atoms with E-state index in [1.54, 1.807) is 6.92 Å². The summed E-state index contributed by atoms with van der Waals surface area (Å²) in [4.78, 5) is 11.7. The third-order valence-electron chi connectivity index (χ3n) is 2.93. The Kier molecular flexibility index (Phi) is 5.16. The highest BCUT2D eigenvalue weighted by Crippen LogP contribution is 2.19. The zero-order valence-corrected chi connectivity index (χ0v) is 12.3. The van der Waals surface area contributed by atoms with Crippen molar-refractivity contribution in [3.63, 3.8) is 0 Å². The SMILES string of the molecule is CCOC(=O)/C=C(\Nc1cccc(C)c1)c1ccccc1. The van der Waals surface area contributed by atoms with Gasteiger partial charge in [-0.05, 0) is 37.1 Å². The molecule has 0 saturated heterocycles. The molecule has 0 fully saturated rings. The fourth-order valence-corrected chi connectivity index (χ4v) is 1.99. The van der Waals surface area contributed by atoms with E-state index in [-0.39, 0.29) is 5.97 Å². The van der Waals surface area contributed by atoms with E-state index in [1.807, 2.05) is 61.5 Å². The Hall–Kier alpha value is -2.55. The van der Waals surface area contributed by atoms with Crippen LogP contribution in [-0.2, 0) is 9.53 Å². The highest BCUT2D eigenvalue weighted by molar-refractivity contribution is 5.94. The summed E-state index contributed by atoms with van der Waals surface area (Å²) in [7, 11) is 0. The molecule has 108 valence electrons. The first-order chi connectivity index (χ1) is 10.2. The maximum absolute atomic E-state index is 11.7. The molecule has 2 aromatic rings. The van der Waals surface area contributed by atoms with E-state index >= 15 is 0 Å². The molecule has 0 amide bonds. The third kappa shape index (κ3) is 4.49. The molecule has 2 aromatic carbocycles. The van der Waals surface area contributed by atoms with Gasteiger partial charge in [0.15, 0.2) is 0 Å². The molecule has 0 atom stereocenters. The number of esters is 1. The van der Waals surface area contributed by atoms with E-state index in [0.29, 0.717) is 6.61 Å². The zero-order valence-electron chi connectivity index (χ0n) is 12.3. The van der Waals surface area contributed by atoms with Crippen molar-refractivity contribution in [1.82, 2.24) is 0 Å². The fraction of sp³-hybridized carbons (Fsp3) is 0.167. The number of carbonyl (C=O) groups is 1. The Bertz CT molecular complexity index is 633. The topological polar surface area (TPSA) is 38.3 Å². The Labute approximate surface area is 125 Å². The van der Waals surface area contributed by atoms with Crippen molar-refractivity contribution in [3.05, 3.63) is 71.8 Å². The number of anilines is 1. The molecule has 0 aliphatic heterocycles. The summed E-state index contributed by atoms with van der Waals surface area (Å²) in [5, 5.41) is 3.29. The second-order valence-electron chi connectivity index (χ2n) is 4.67. The molecule has 0 aromatic heterocycles. The third-order valence-corrected chi connectivity index (χ3v) is 2.93. The van der Waals surface area contributed by atoms with Crippen molar-refractivity contribution in [1.29, 1.82) is 0 Å². The Balaban J connectivity index is 2.30. The van der Waals surface area contributed by atoms with E-state index in [0.717, 1.165) is 22.5 Å². The van der Waals surface area contributed by atoms with Crippen LogP contribution in [-0.4, -0.2) is 12.6 Å². The normalized spacial score (nSPS) is 11.0. The van der Waals surface area contributed by atoms with Crippen molar-refractivity contribution in [2.45, 2.75) is 13.8 Å². The number of ether oxygens (including phenoxy) is 1. The average molecular weight is 281 g/mol. The van der Waals surface area contributed by atoms with Gasteiger partial charge in [0.05, 0.1) is 12.3 Å². The van der Waals surface area contributed by atoms with Crippen molar-refractivity contribution >= 4 is 17.4 Å². The van der Waals surface area contributed by atoms with E-state index in [2.05, 4.69) is 5.32 Å². The molecule has 0 spiro atoms. The Morgan fingerprint density at radius 1 is 1.14 bits per heavy atom. The molecule has 0 heterocycles. The van der Waals surface area contributed by atoms with Gasteiger partial charge in [0.2, 0.25) is 0 Å². The Morgan fingerprint density at radius 2 is 1.90 bits per heavy atom. The molecule has 0 saturated carbocycles. The van der Waals surface area contributed by atoms with Gasteiger partial charge in [0.1, 0.15) is 0 Å². The summed E-state index contributed by atoms with van der Waals surface area (Å²) in [6.45, 7) is 4.19. The molecule has 0 radical (unpaired) electrons. The zero-order chi connectivity index (χ0) is 15.1. The van der Waals surface area contributed by atoms with Gasteiger partial charge in [-0.25, -0.2) is 4.79 Å². The van der Waals surface area contributed by atoms with Crippen LogP contribution in [0.5, 0.6) is 0 Å². The van der Waals surface area contributed by atoms with Gasteiger partial charge in [0.25, 0.3) is 0 Å². The largest absolute Gasteiger partial charge is 0.463 e. The van der Waals surface area contributed by atoms with Crippen LogP contribution in [0.1, 0.15) is 18.1 Å². The minimum absolute atomic E-state index is 0.350. The van der Waals surface area contributed by atoms with Crippen LogP contribution in [0.4, 0.5) is 5.69 Å². The van der Waals surface area contributed by atoms with E-state index in [4.69, 9.17) is 4.74 Å². The summed E-state index contributed by atoms with van der Waals surface area (Å²) in [5.74, 6) is -0.350. The first-order valence-corrected chi connectivity index (χ1v) is 6.96. The van der Waals surface area contributed by atoms with Crippen molar-refractivity contribution < 1.29 is 9.53 Å². The van der Waals surface area contributed by atoms with Gasteiger partial charge in [-0.2, -0.15) is 0 Å². The summed E-state index contributed by atoms with van der Waals surface area (Å²) in [6.07, 6.45) is 1.49. The van der Waals surface area contributed by atoms with Crippen LogP contribution in [0, 0.1) is 6.92 Å². The lowest BCUT2D eigenvalue weighted by atomic mass is 10.1. The number of hydrogen-bond acceptors (Lipinski definition) is 3. The lowest BCUT2D eigenvalue weighted by molar-refractivity contribution is -0.137. The number of nitrogens with one attached hydrogen (secondary N) is 1. The average Bonchev–Trinajstić information content (AvgIpc) is 2.48. The molecule has 0 unspecified atom stereocenters. The smallest absolute Gasteiger partial charge is 0.332 e. The van der Waals surface area contributed by atoms with Crippen LogP contribution in [0.15, 0.2) is 60.7 Å². The molecule has 0 aliphatic carbocycles. The molecule has 0 aliphatic rings. The second kappa shape index (κ2) is 7.29. The van der Waals surface area contributed by atoms with Gasteiger partial charge in [-0.3, -0.25) is 0 Å². The number of benzene rings is 2. The van der Waals surface area contributed by atoms with Crippen molar-refractivity contribution in [2.24, 2.45) is 0 Å². The van der Waals surface area contributed by atoms with Gasteiger partial charge in [-0.1, -0.05) is 42.5 Å². The van der Waals surface area contributed by atoms with Crippen LogP contribution in [0.2, 0.25) is 0 Å². The molecule has 1 N–H and O–H groups in total. The Morgan fingerprint density at radius 3 is 2.57 bits per heavy atom. The number of rotatable bonds is 5. The highest BCUT2D eigenvalue weighted by Gasteiger charge is 2.06. The van der Waals surface area contributed by atoms with E-state index in [1.165, 1.54) is 6.08 Å². The van der Waals surface area contributed by atoms with Crippen LogP contribution < -0.4 is 5.32 Å². The molecule has 2 rings (SSSR count). The van der Waals surface area contributed by atoms with Gasteiger partial charge in [0, 0.05) is 11.8 Å². The molecular formula is C18H19NO2. The quantitative estimate of drug-likeness (QED) is 0.664. The second-order valence-corrected chi connectivity index (χ2v) is 4.67. The fourth-order valence-electron chi connectivity index (χ4n) is 1.99. The van der Waals surface area contributed by atoms with Gasteiger partial charge < -0.3 is 10.1 Å². The van der Waals surface area contributed by atoms with Gasteiger partial charge >= 0.3 is 5.97 Å². The van der Waals surface area contributed by atoms with E-state index in [9.17, 15) is 4.79 Å².